The molecule has 0 bridgehead atoms. The van der Waals surface area contributed by atoms with E-state index in [4.69, 9.17) is 0 Å². The molecule has 3 amide bonds. The highest BCUT2D eigenvalue weighted by atomic mass is 16.2. The quantitative estimate of drug-likeness (QED) is 0.692. The zero-order valence-electron chi connectivity index (χ0n) is 17.3. The monoisotopic (exact) mass is 405 g/mol. The van der Waals surface area contributed by atoms with E-state index in [0.29, 0.717) is 17.7 Å². The van der Waals surface area contributed by atoms with Crippen LogP contribution in [0.3, 0.4) is 0 Å². The number of imide groups is 1. The Morgan fingerprint density at radius 1 is 0.900 bits per heavy atom. The number of amides is 3. The first-order valence-corrected chi connectivity index (χ1v) is 10.6. The number of carbonyl (C=O) groups is 3. The van der Waals surface area contributed by atoms with E-state index in [0.717, 1.165) is 18.7 Å². The van der Waals surface area contributed by atoms with Gasteiger partial charge in [0.1, 0.15) is 0 Å². The van der Waals surface area contributed by atoms with Crippen molar-refractivity contribution in [1.29, 1.82) is 0 Å². The Bertz CT molecular complexity index is 931. The summed E-state index contributed by atoms with van der Waals surface area (Å²) >= 11 is 0. The molecule has 0 radical (unpaired) electrons. The number of carbonyl (C=O) groups excluding carboxylic acids is 3. The van der Waals surface area contributed by atoms with E-state index >= 15 is 0 Å². The molecule has 0 saturated carbocycles. The van der Waals surface area contributed by atoms with Gasteiger partial charge in [-0.25, -0.2) is 0 Å². The molecule has 0 atom stereocenters. The van der Waals surface area contributed by atoms with Crippen LogP contribution in [0, 0.1) is 0 Å². The molecule has 0 aliphatic carbocycles. The molecule has 2 aromatic carbocycles. The molecule has 1 saturated heterocycles. The Morgan fingerprint density at radius 3 is 2.17 bits per heavy atom. The highest BCUT2D eigenvalue weighted by molar-refractivity contribution is 6.21. The number of fused-ring (bicyclic) bond motifs is 1. The van der Waals surface area contributed by atoms with Gasteiger partial charge in [-0.1, -0.05) is 30.3 Å². The average Bonchev–Trinajstić information content (AvgIpc) is 3.03. The van der Waals surface area contributed by atoms with Gasteiger partial charge < -0.3 is 9.80 Å². The van der Waals surface area contributed by atoms with Crippen molar-refractivity contribution >= 4 is 23.4 Å². The average molecular weight is 405 g/mol. The highest BCUT2D eigenvalue weighted by Gasteiger charge is 2.35. The molecule has 0 N–H and O–H groups in total. The lowest BCUT2D eigenvalue weighted by Crippen LogP contribution is -2.35. The number of hydrogen-bond acceptors (Lipinski definition) is 4. The van der Waals surface area contributed by atoms with Crippen LogP contribution in [0.2, 0.25) is 0 Å². The summed E-state index contributed by atoms with van der Waals surface area (Å²) in [5.41, 5.74) is 3.14. The van der Waals surface area contributed by atoms with Crippen molar-refractivity contribution in [1.82, 2.24) is 9.80 Å². The van der Waals surface area contributed by atoms with Crippen molar-refractivity contribution < 1.29 is 14.4 Å². The van der Waals surface area contributed by atoms with E-state index in [1.807, 2.05) is 12.1 Å². The van der Waals surface area contributed by atoms with E-state index < -0.39 is 0 Å². The molecular formula is C24H27N3O3. The summed E-state index contributed by atoms with van der Waals surface area (Å²) in [5.74, 6) is -0.719. The van der Waals surface area contributed by atoms with Crippen molar-refractivity contribution in [2.24, 2.45) is 0 Å². The minimum atomic E-state index is -0.318. The van der Waals surface area contributed by atoms with Gasteiger partial charge in [-0.2, -0.15) is 0 Å². The molecule has 30 heavy (non-hydrogen) atoms. The van der Waals surface area contributed by atoms with Gasteiger partial charge in [0.25, 0.3) is 11.8 Å². The Kier molecular flexibility index (Phi) is 5.84. The van der Waals surface area contributed by atoms with Gasteiger partial charge in [-0.15, -0.1) is 0 Å². The van der Waals surface area contributed by atoms with Gasteiger partial charge in [-0.05, 0) is 43.0 Å². The number of benzene rings is 2. The van der Waals surface area contributed by atoms with Crippen molar-refractivity contribution in [3.05, 3.63) is 65.2 Å². The van der Waals surface area contributed by atoms with Gasteiger partial charge >= 0.3 is 0 Å². The van der Waals surface area contributed by atoms with Crippen LogP contribution in [0.25, 0.3) is 0 Å². The van der Waals surface area contributed by atoms with Gasteiger partial charge in [0.2, 0.25) is 5.91 Å². The molecule has 6 heteroatoms. The summed E-state index contributed by atoms with van der Waals surface area (Å²) in [7, 11) is 1.78. The molecule has 2 aromatic rings. The SMILES string of the molecule is CN(Cc1ccccc1N1CCCCC1)C(=O)CCN1C(=O)c2ccccc2C1=O. The minimum Gasteiger partial charge on any atom is -0.371 e. The number of nitrogens with zero attached hydrogens (tertiary/aromatic N) is 3. The first-order valence-electron chi connectivity index (χ1n) is 10.6. The Balaban J connectivity index is 1.37. The van der Waals surface area contributed by atoms with E-state index in [1.165, 1.54) is 29.8 Å². The maximum atomic E-state index is 12.7. The van der Waals surface area contributed by atoms with Crippen LogP contribution in [0.15, 0.2) is 48.5 Å². The van der Waals surface area contributed by atoms with Crippen molar-refractivity contribution in [2.75, 3.05) is 31.6 Å². The fraction of sp³-hybridized carbons (Fsp3) is 0.375. The molecule has 4 rings (SSSR count). The third-order valence-electron chi connectivity index (χ3n) is 5.95. The third kappa shape index (κ3) is 3.95. The first-order chi connectivity index (χ1) is 14.6. The van der Waals surface area contributed by atoms with E-state index in [-0.39, 0.29) is 30.7 Å². The zero-order valence-corrected chi connectivity index (χ0v) is 17.3. The smallest absolute Gasteiger partial charge is 0.261 e. The van der Waals surface area contributed by atoms with Crippen LogP contribution in [-0.4, -0.2) is 54.2 Å². The van der Waals surface area contributed by atoms with E-state index in [1.54, 1.807) is 36.2 Å². The second-order valence-electron chi connectivity index (χ2n) is 7.98. The van der Waals surface area contributed by atoms with E-state index in [2.05, 4.69) is 17.0 Å². The number of anilines is 1. The van der Waals surface area contributed by atoms with Gasteiger partial charge in [-0.3, -0.25) is 19.3 Å². The summed E-state index contributed by atoms with van der Waals surface area (Å²) in [6, 6.07) is 15.0. The fourth-order valence-electron chi connectivity index (χ4n) is 4.27. The van der Waals surface area contributed by atoms with Crippen LogP contribution in [0.1, 0.15) is 52.0 Å². The molecule has 1 fully saturated rings. The maximum Gasteiger partial charge on any atom is 0.261 e. The molecule has 6 nitrogen and oxygen atoms in total. The summed E-state index contributed by atoms with van der Waals surface area (Å²) < 4.78 is 0. The number of hydrogen-bond donors (Lipinski definition) is 0. The summed E-state index contributed by atoms with van der Waals surface area (Å²) in [5, 5.41) is 0. The van der Waals surface area contributed by atoms with Crippen LogP contribution in [0.5, 0.6) is 0 Å². The molecule has 2 aliphatic heterocycles. The fourth-order valence-corrected chi connectivity index (χ4v) is 4.27. The predicted octanol–water partition coefficient (Wildman–Crippen LogP) is 3.32. The molecule has 0 aromatic heterocycles. The van der Waals surface area contributed by atoms with E-state index in [9.17, 15) is 14.4 Å². The zero-order chi connectivity index (χ0) is 21.1. The normalized spacial score (nSPS) is 16.0. The molecule has 2 aliphatic rings. The second-order valence-corrected chi connectivity index (χ2v) is 7.98. The Morgan fingerprint density at radius 2 is 1.50 bits per heavy atom. The summed E-state index contributed by atoms with van der Waals surface area (Å²) in [6.07, 6.45) is 3.79. The van der Waals surface area contributed by atoms with Crippen molar-refractivity contribution in [2.45, 2.75) is 32.2 Å². The standard InChI is InChI=1S/C24H27N3O3/c1-25(17-18-9-3-6-12-21(18)26-14-7-2-8-15-26)22(28)13-16-27-23(29)19-10-4-5-11-20(19)24(27)30/h3-6,9-12H,2,7-8,13-17H2,1H3. The lowest BCUT2D eigenvalue weighted by Gasteiger charge is -2.31. The van der Waals surface area contributed by atoms with Gasteiger partial charge in [0.15, 0.2) is 0 Å². The van der Waals surface area contributed by atoms with Crippen LogP contribution in [0.4, 0.5) is 5.69 Å². The third-order valence-corrected chi connectivity index (χ3v) is 5.95. The number of piperidine rings is 1. The highest BCUT2D eigenvalue weighted by Crippen LogP contribution is 2.26. The summed E-state index contributed by atoms with van der Waals surface area (Å²) in [4.78, 5) is 42.9. The van der Waals surface area contributed by atoms with Crippen LogP contribution < -0.4 is 4.90 Å². The topological polar surface area (TPSA) is 60.9 Å². The molecule has 156 valence electrons. The lowest BCUT2D eigenvalue weighted by atomic mass is 10.1. The Hall–Kier alpha value is -3.15. The van der Waals surface area contributed by atoms with Gasteiger partial charge in [0, 0.05) is 45.3 Å². The van der Waals surface area contributed by atoms with Crippen molar-refractivity contribution in [3.63, 3.8) is 0 Å². The molecule has 0 unspecified atom stereocenters. The number of rotatable bonds is 6. The van der Waals surface area contributed by atoms with Gasteiger partial charge in [0.05, 0.1) is 11.1 Å². The molecule has 0 spiro atoms. The lowest BCUT2D eigenvalue weighted by molar-refractivity contribution is -0.130. The first kappa shape index (κ1) is 20.1. The van der Waals surface area contributed by atoms with Crippen LogP contribution in [-0.2, 0) is 11.3 Å². The second kappa shape index (κ2) is 8.69. The predicted molar refractivity (Wildman–Crippen MR) is 115 cm³/mol. The Labute approximate surface area is 177 Å². The minimum absolute atomic E-state index is 0.0833. The summed E-state index contributed by atoms with van der Waals surface area (Å²) in [6.45, 7) is 2.71. The molecular weight excluding hydrogens is 378 g/mol. The number of para-hydroxylation sites is 1. The van der Waals surface area contributed by atoms with Crippen LogP contribution >= 0.6 is 0 Å². The molecule has 2 heterocycles. The largest absolute Gasteiger partial charge is 0.371 e. The maximum absolute atomic E-state index is 12.7. The van der Waals surface area contributed by atoms with Crippen molar-refractivity contribution in [3.8, 4) is 0 Å².